The minimum atomic E-state index is -0.507. The molecule has 0 saturated carbocycles. The summed E-state index contributed by atoms with van der Waals surface area (Å²) in [5, 5.41) is 5.47. The van der Waals surface area contributed by atoms with Crippen LogP contribution in [-0.2, 0) is 9.53 Å². The number of amides is 2. The van der Waals surface area contributed by atoms with Crippen LogP contribution in [0.15, 0.2) is 24.3 Å². The molecule has 2 amide bonds. The van der Waals surface area contributed by atoms with Gasteiger partial charge in [-0.05, 0) is 19.4 Å². The molecular formula is C16H24N2O4. The second kappa shape index (κ2) is 9.65. The number of rotatable bonds is 8. The highest BCUT2D eigenvalue weighted by molar-refractivity contribution is 5.77. The number of para-hydroxylation sites is 1. The van der Waals surface area contributed by atoms with Crippen molar-refractivity contribution in [2.24, 2.45) is 0 Å². The van der Waals surface area contributed by atoms with Crippen molar-refractivity contribution in [1.82, 2.24) is 10.6 Å². The van der Waals surface area contributed by atoms with Crippen molar-refractivity contribution in [3.8, 4) is 5.75 Å². The van der Waals surface area contributed by atoms with Gasteiger partial charge in [-0.25, -0.2) is 4.79 Å². The zero-order valence-corrected chi connectivity index (χ0v) is 13.3. The molecule has 0 aliphatic heterocycles. The van der Waals surface area contributed by atoms with E-state index in [0.29, 0.717) is 6.61 Å². The van der Waals surface area contributed by atoms with Gasteiger partial charge in [-0.15, -0.1) is 0 Å². The van der Waals surface area contributed by atoms with Crippen LogP contribution in [0.2, 0.25) is 0 Å². The Bertz CT molecular complexity index is 491. The maximum Gasteiger partial charge on any atom is 0.407 e. The van der Waals surface area contributed by atoms with E-state index in [4.69, 9.17) is 9.47 Å². The van der Waals surface area contributed by atoms with Crippen molar-refractivity contribution in [1.29, 1.82) is 0 Å². The van der Waals surface area contributed by atoms with Gasteiger partial charge in [-0.3, -0.25) is 4.79 Å². The van der Waals surface area contributed by atoms with E-state index in [9.17, 15) is 9.59 Å². The molecule has 6 nitrogen and oxygen atoms in total. The van der Waals surface area contributed by atoms with Crippen LogP contribution in [0.25, 0.3) is 0 Å². The van der Waals surface area contributed by atoms with Crippen molar-refractivity contribution in [3.63, 3.8) is 0 Å². The number of hydrogen-bond acceptors (Lipinski definition) is 4. The van der Waals surface area contributed by atoms with Crippen LogP contribution in [0, 0.1) is 0 Å². The predicted molar refractivity (Wildman–Crippen MR) is 83.8 cm³/mol. The van der Waals surface area contributed by atoms with E-state index < -0.39 is 6.09 Å². The number of carbonyl (C=O) groups is 2. The molecule has 1 aromatic rings. The Morgan fingerprint density at radius 2 is 1.95 bits per heavy atom. The Balaban J connectivity index is 2.52. The maximum atomic E-state index is 12.0. The molecule has 0 heterocycles. The normalized spacial score (nSPS) is 11.4. The summed E-state index contributed by atoms with van der Waals surface area (Å²) in [6.07, 6.45) is 0.439. The number of benzene rings is 1. The van der Waals surface area contributed by atoms with Gasteiger partial charge in [0.25, 0.3) is 0 Å². The summed E-state index contributed by atoms with van der Waals surface area (Å²) in [5.41, 5.74) is 0.944. The predicted octanol–water partition coefficient (Wildman–Crippen LogP) is 2.40. The second-order valence-electron chi connectivity index (χ2n) is 4.67. The van der Waals surface area contributed by atoms with Crippen molar-refractivity contribution in [2.75, 3.05) is 20.3 Å². The fraction of sp³-hybridized carbons (Fsp3) is 0.500. The van der Waals surface area contributed by atoms with E-state index in [0.717, 1.165) is 17.7 Å². The van der Waals surface area contributed by atoms with Gasteiger partial charge < -0.3 is 20.1 Å². The summed E-state index contributed by atoms with van der Waals surface area (Å²) >= 11 is 0. The highest BCUT2D eigenvalue weighted by atomic mass is 16.5. The van der Waals surface area contributed by atoms with E-state index in [1.165, 1.54) is 0 Å². The maximum absolute atomic E-state index is 12.0. The highest BCUT2D eigenvalue weighted by Crippen LogP contribution is 2.26. The summed E-state index contributed by atoms with van der Waals surface area (Å²) in [4.78, 5) is 23.1. The zero-order valence-electron chi connectivity index (χ0n) is 13.3. The van der Waals surface area contributed by atoms with Gasteiger partial charge in [0.2, 0.25) is 5.91 Å². The minimum absolute atomic E-state index is 0.119. The minimum Gasteiger partial charge on any atom is -0.496 e. The molecule has 2 N–H and O–H groups in total. The lowest BCUT2D eigenvalue weighted by Crippen LogP contribution is -2.33. The lowest BCUT2D eigenvalue weighted by atomic mass is 10.0. The van der Waals surface area contributed by atoms with Gasteiger partial charge in [0.05, 0.1) is 19.8 Å². The van der Waals surface area contributed by atoms with Gasteiger partial charge in [-0.2, -0.15) is 0 Å². The van der Waals surface area contributed by atoms with Crippen LogP contribution in [0.5, 0.6) is 5.75 Å². The molecule has 0 aliphatic rings. The van der Waals surface area contributed by atoms with Crippen molar-refractivity contribution < 1.29 is 19.1 Å². The number of ether oxygens (including phenoxy) is 2. The van der Waals surface area contributed by atoms with Gasteiger partial charge >= 0.3 is 6.09 Å². The van der Waals surface area contributed by atoms with Gasteiger partial charge in [-0.1, -0.05) is 25.1 Å². The summed E-state index contributed by atoms with van der Waals surface area (Å²) in [6, 6.07) is 7.48. The molecule has 0 spiro atoms. The fourth-order valence-electron chi connectivity index (χ4n) is 2.08. The average molecular weight is 308 g/mol. The Morgan fingerprint density at radius 1 is 1.23 bits per heavy atom. The number of carbonyl (C=O) groups excluding carboxylic acids is 2. The monoisotopic (exact) mass is 308 g/mol. The summed E-state index contributed by atoms with van der Waals surface area (Å²) in [6.45, 7) is 4.27. The van der Waals surface area contributed by atoms with Gasteiger partial charge in [0.15, 0.2) is 0 Å². The number of alkyl carbamates (subject to hydrolysis) is 1. The van der Waals surface area contributed by atoms with Crippen LogP contribution in [0.4, 0.5) is 4.79 Å². The van der Waals surface area contributed by atoms with Crippen LogP contribution in [0.1, 0.15) is 38.3 Å². The molecule has 0 fully saturated rings. The first-order valence-electron chi connectivity index (χ1n) is 7.45. The summed E-state index contributed by atoms with van der Waals surface area (Å²) in [5.74, 6) is 0.619. The first kappa shape index (κ1) is 17.8. The summed E-state index contributed by atoms with van der Waals surface area (Å²) < 4.78 is 10.1. The lowest BCUT2D eigenvalue weighted by Gasteiger charge is -2.20. The van der Waals surface area contributed by atoms with Crippen LogP contribution < -0.4 is 15.4 Å². The third kappa shape index (κ3) is 5.63. The Hall–Kier alpha value is -2.24. The van der Waals surface area contributed by atoms with E-state index >= 15 is 0 Å². The van der Waals surface area contributed by atoms with Crippen molar-refractivity contribution in [2.45, 2.75) is 32.7 Å². The third-order valence-electron chi connectivity index (χ3n) is 3.15. The molecule has 6 heteroatoms. The molecule has 1 atom stereocenters. The molecule has 1 rings (SSSR count). The highest BCUT2D eigenvalue weighted by Gasteiger charge is 2.16. The molecule has 22 heavy (non-hydrogen) atoms. The van der Waals surface area contributed by atoms with E-state index in [1.807, 2.05) is 31.2 Å². The molecule has 0 saturated heterocycles. The van der Waals surface area contributed by atoms with Crippen LogP contribution in [-0.4, -0.2) is 32.3 Å². The molecule has 0 radical (unpaired) electrons. The number of nitrogens with one attached hydrogen (secondary N) is 2. The number of methoxy groups -OCH3 is 1. The molecule has 0 aliphatic carbocycles. The smallest absolute Gasteiger partial charge is 0.407 e. The van der Waals surface area contributed by atoms with E-state index in [-0.39, 0.29) is 24.9 Å². The molecule has 1 unspecified atom stereocenters. The molecule has 1 aromatic carbocycles. The molecule has 0 bridgehead atoms. The number of hydrogen-bond donors (Lipinski definition) is 2. The van der Waals surface area contributed by atoms with Gasteiger partial charge in [0, 0.05) is 18.5 Å². The van der Waals surface area contributed by atoms with Crippen LogP contribution >= 0.6 is 0 Å². The zero-order chi connectivity index (χ0) is 16.4. The Kier molecular flexibility index (Phi) is 7.81. The quantitative estimate of drug-likeness (QED) is 0.773. The molecule has 0 aromatic heterocycles. The topological polar surface area (TPSA) is 76.7 Å². The van der Waals surface area contributed by atoms with Crippen molar-refractivity contribution >= 4 is 12.0 Å². The largest absolute Gasteiger partial charge is 0.496 e. The summed E-state index contributed by atoms with van der Waals surface area (Å²) in [7, 11) is 1.61. The Morgan fingerprint density at radius 3 is 2.59 bits per heavy atom. The van der Waals surface area contributed by atoms with E-state index in [2.05, 4.69) is 10.6 Å². The first-order chi connectivity index (χ1) is 10.6. The van der Waals surface area contributed by atoms with Crippen molar-refractivity contribution in [3.05, 3.63) is 29.8 Å². The molecular weight excluding hydrogens is 284 g/mol. The first-order valence-corrected chi connectivity index (χ1v) is 7.45. The standard InChI is InChI=1S/C16H24N2O4/c1-4-13(12-8-6-7-9-14(12)21-3)18-15(19)10-11-17-16(20)22-5-2/h6-9,13H,4-5,10-11H2,1-3H3,(H,17,20)(H,18,19). The fourth-order valence-corrected chi connectivity index (χ4v) is 2.08. The SMILES string of the molecule is CCOC(=O)NCCC(=O)NC(CC)c1ccccc1OC. The molecule has 122 valence electrons. The average Bonchev–Trinajstić information content (AvgIpc) is 2.53. The van der Waals surface area contributed by atoms with Crippen LogP contribution in [0.3, 0.4) is 0 Å². The lowest BCUT2D eigenvalue weighted by molar-refractivity contribution is -0.121. The van der Waals surface area contributed by atoms with E-state index in [1.54, 1.807) is 14.0 Å². The Labute approximate surface area is 131 Å². The second-order valence-corrected chi connectivity index (χ2v) is 4.67. The van der Waals surface area contributed by atoms with Gasteiger partial charge in [0.1, 0.15) is 5.75 Å². The third-order valence-corrected chi connectivity index (χ3v) is 3.15.